The van der Waals surface area contributed by atoms with Crippen LogP contribution < -0.4 is 5.32 Å². The number of rotatable bonds is 4. The molecule has 2 atom stereocenters. The van der Waals surface area contributed by atoms with Gasteiger partial charge in [-0.25, -0.2) is 4.39 Å². The Kier molecular flexibility index (Phi) is 4.56. The van der Waals surface area contributed by atoms with Gasteiger partial charge < -0.3 is 10.4 Å². The number of nitriles is 1. The van der Waals surface area contributed by atoms with E-state index in [2.05, 4.69) is 11.4 Å². The fraction of sp³-hybridized carbons (Fsp3) is 0.235. The monoisotopic (exact) mass is 284 g/mol. The van der Waals surface area contributed by atoms with E-state index < -0.39 is 5.82 Å². The molecule has 0 aromatic heterocycles. The first-order valence-electron chi connectivity index (χ1n) is 6.75. The smallest absolute Gasteiger partial charge is 0.131 e. The normalized spacial score (nSPS) is 13.4. The van der Waals surface area contributed by atoms with Crippen molar-refractivity contribution in [2.24, 2.45) is 0 Å². The summed E-state index contributed by atoms with van der Waals surface area (Å²) in [6.45, 7) is 3.85. The minimum Gasteiger partial charge on any atom is -0.508 e. The summed E-state index contributed by atoms with van der Waals surface area (Å²) in [5.41, 5.74) is 2.15. The van der Waals surface area contributed by atoms with Crippen molar-refractivity contribution in [3.8, 4) is 11.8 Å². The molecule has 0 bridgehead atoms. The van der Waals surface area contributed by atoms with Gasteiger partial charge in [-0.2, -0.15) is 5.26 Å². The zero-order valence-electron chi connectivity index (χ0n) is 12.0. The molecular formula is C17H17FN2O. The van der Waals surface area contributed by atoms with E-state index in [1.807, 2.05) is 26.0 Å². The van der Waals surface area contributed by atoms with E-state index in [4.69, 9.17) is 5.26 Å². The second-order valence-electron chi connectivity index (χ2n) is 5.05. The molecule has 0 aliphatic rings. The third-order valence-corrected chi connectivity index (χ3v) is 3.49. The summed E-state index contributed by atoms with van der Waals surface area (Å²) in [5.74, 6) is -0.509. The molecule has 0 aliphatic heterocycles. The van der Waals surface area contributed by atoms with Crippen molar-refractivity contribution in [1.82, 2.24) is 5.32 Å². The number of nitrogens with one attached hydrogen (secondary N) is 1. The number of halogens is 1. The maximum atomic E-state index is 13.8. The topological polar surface area (TPSA) is 56.0 Å². The van der Waals surface area contributed by atoms with Gasteiger partial charge in [0, 0.05) is 23.7 Å². The number of hydrogen-bond acceptors (Lipinski definition) is 3. The average Bonchev–Trinajstić information content (AvgIpc) is 2.47. The first-order valence-corrected chi connectivity index (χ1v) is 6.75. The van der Waals surface area contributed by atoms with Crippen LogP contribution in [0.15, 0.2) is 42.5 Å². The van der Waals surface area contributed by atoms with Crippen LogP contribution in [0.5, 0.6) is 5.75 Å². The highest BCUT2D eigenvalue weighted by Crippen LogP contribution is 2.24. The number of aromatic hydroxyl groups is 1. The second-order valence-corrected chi connectivity index (χ2v) is 5.05. The SMILES string of the molecule is CC(NC(C)c1ccc(O)cc1F)c1ccc(C#N)cc1. The third-order valence-electron chi connectivity index (χ3n) is 3.49. The highest BCUT2D eigenvalue weighted by Gasteiger charge is 2.14. The number of phenols is 1. The Hall–Kier alpha value is -2.38. The van der Waals surface area contributed by atoms with Gasteiger partial charge in [-0.1, -0.05) is 18.2 Å². The van der Waals surface area contributed by atoms with Crippen LogP contribution in [0, 0.1) is 17.1 Å². The van der Waals surface area contributed by atoms with Crippen LogP contribution in [0.4, 0.5) is 4.39 Å². The average molecular weight is 284 g/mol. The Bertz CT molecular complexity index is 661. The Morgan fingerprint density at radius 3 is 2.33 bits per heavy atom. The summed E-state index contributed by atoms with van der Waals surface area (Å²) in [5, 5.41) is 21.3. The zero-order chi connectivity index (χ0) is 15.4. The van der Waals surface area contributed by atoms with Gasteiger partial charge in [0.05, 0.1) is 11.6 Å². The van der Waals surface area contributed by atoms with Crippen LogP contribution in [0.2, 0.25) is 0 Å². The standard InChI is InChI=1S/C17H17FN2O/c1-11(14-5-3-13(10-19)4-6-14)20-12(2)16-8-7-15(21)9-17(16)18/h3-9,11-12,20-21H,1-2H3. The zero-order valence-corrected chi connectivity index (χ0v) is 12.0. The molecule has 2 N–H and O–H groups in total. The predicted octanol–water partition coefficient (Wildman–Crippen LogP) is 3.81. The molecule has 108 valence electrons. The molecule has 0 saturated carbocycles. The van der Waals surface area contributed by atoms with Gasteiger partial charge in [-0.05, 0) is 37.6 Å². The molecule has 0 radical (unpaired) electrons. The maximum absolute atomic E-state index is 13.8. The van der Waals surface area contributed by atoms with Gasteiger partial charge in [0.2, 0.25) is 0 Å². The largest absolute Gasteiger partial charge is 0.508 e. The lowest BCUT2D eigenvalue weighted by Crippen LogP contribution is -2.23. The molecule has 0 amide bonds. The van der Waals surface area contributed by atoms with E-state index in [0.29, 0.717) is 11.1 Å². The van der Waals surface area contributed by atoms with Crippen molar-refractivity contribution in [3.63, 3.8) is 0 Å². The van der Waals surface area contributed by atoms with Crippen LogP contribution in [0.25, 0.3) is 0 Å². The number of hydrogen-bond donors (Lipinski definition) is 2. The van der Waals surface area contributed by atoms with Crippen molar-refractivity contribution >= 4 is 0 Å². The summed E-state index contributed by atoms with van der Waals surface area (Å²) >= 11 is 0. The van der Waals surface area contributed by atoms with Crippen LogP contribution >= 0.6 is 0 Å². The summed E-state index contributed by atoms with van der Waals surface area (Å²) in [7, 11) is 0. The molecule has 2 aromatic carbocycles. The lowest BCUT2D eigenvalue weighted by molar-refractivity contribution is 0.454. The van der Waals surface area contributed by atoms with Crippen molar-refractivity contribution in [1.29, 1.82) is 5.26 Å². The van der Waals surface area contributed by atoms with Crippen LogP contribution in [-0.4, -0.2) is 5.11 Å². The highest BCUT2D eigenvalue weighted by atomic mass is 19.1. The third kappa shape index (κ3) is 3.59. The van der Waals surface area contributed by atoms with Crippen molar-refractivity contribution in [2.45, 2.75) is 25.9 Å². The quantitative estimate of drug-likeness (QED) is 0.897. The van der Waals surface area contributed by atoms with Gasteiger partial charge >= 0.3 is 0 Å². The fourth-order valence-corrected chi connectivity index (χ4v) is 2.27. The summed E-state index contributed by atoms with van der Waals surface area (Å²) in [6, 6.07) is 13.4. The molecule has 2 aromatic rings. The molecule has 0 aliphatic carbocycles. The maximum Gasteiger partial charge on any atom is 0.131 e. The Balaban J connectivity index is 2.10. The molecule has 0 spiro atoms. The van der Waals surface area contributed by atoms with Gasteiger partial charge in [-0.15, -0.1) is 0 Å². The molecule has 0 saturated heterocycles. The van der Waals surface area contributed by atoms with Crippen LogP contribution in [0.1, 0.15) is 42.6 Å². The van der Waals surface area contributed by atoms with Gasteiger partial charge in [0.1, 0.15) is 11.6 Å². The van der Waals surface area contributed by atoms with E-state index in [9.17, 15) is 9.50 Å². The predicted molar refractivity (Wildman–Crippen MR) is 79.2 cm³/mol. The van der Waals surface area contributed by atoms with Crippen molar-refractivity contribution < 1.29 is 9.50 Å². The molecule has 0 fully saturated rings. The fourth-order valence-electron chi connectivity index (χ4n) is 2.27. The molecule has 0 heterocycles. The second kappa shape index (κ2) is 6.38. The minimum atomic E-state index is -0.429. The van der Waals surface area contributed by atoms with Crippen molar-refractivity contribution in [3.05, 3.63) is 65.0 Å². The van der Waals surface area contributed by atoms with E-state index in [1.54, 1.807) is 18.2 Å². The number of phenolic OH excluding ortho intramolecular Hbond substituents is 1. The van der Waals surface area contributed by atoms with E-state index in [0.717, 1.165) is 11.6 Å². The first kappa shape index (κ1) is 15.0. The van der Waals surface area contributed by atoms with E-state index in [1.165, 1.54) is 6.07 Å². The van der Waals surface area contributed by atoms with Crippen LogP contribution in [-0.2, 0) is 0 Å². The molecule has 2 unspecified atom stereocenters. The first-order chi connectivity index (χ1) is 10.0. The van der Waals surface area contributed by atoms with Gasteiger partial charge in [0.25, 0.3) is 0 Å². The molecule has 2 rings (SSSR count). The van der Waals surface area contributed by atoms with Gasteiger partial charge in [0.15, 0.2) is 0 Å². The Labute approximate surface area is 123 Å². The van der Waals surface area contributed by atoms with Crippen LogP contribution in [0.3, 0.4) is 0 Å². The molecule has 4 heteroatoms. The van der Waals surface area contributed by atoms with E-state index in [-0.39, 0.29) is 17.8 Å². The lowest BCUT2D eigenvalue weighted by Gasteiger charge is -2.21. The summed E-state index contributed by atoms with van der Waals surface area (Å²) in [4.78, 5) is 0. The number of benzene rings is 2. The highest BCUT2D eigenvalue weighted by molar-refractivity contribution is 5.33. The Morgan fingerprint density at radius 2 is 1.76 bits per heavy atom. The molecule has 21 heavy (non-hydrogen) atoms. The molecule has 3 nitrogen and oxygen atoms in total. The van der Waals surface area contributed by atoms with Gasteiger partial charge in [-0.3, -0.25) is 0 Å². The Morgan fingerprint density at radius 1 is 1.10 bits per heavy atom. The van der Waals surface area contributed by atoms with Crippen molar-refractivity contribution in [2.75, 3.05) is 0 Å². The van der Waals surface area contributed by atoms with E-state index >= 15 is 0 Å². The summed E-state index contributed by atoms with van der Waals surface area (Å²) in [6.07, 6.45) is 0. The number of nitrogens with zero attached hydrogens (tertiary/aromatic N) is 1. The lowest BCUT2D eigenvalue weighted by atomic mass is 10.0. The molecular weight excluding hydrogens is 267 g/mol. The summed E-state index contributed by atoms with van der Waals surface area (Å²) < 4.78 is 13.8. The minimum absolute atomic E-state index is 0.0148.